The number of ether oxygens (including phenoxy) is 1. The molecule has 6 heteroatoms. The van der Waals surface area contributed by atoms with E-state index in [-0.39, 0.29) is 11.0 Å². The normalized spacial score (nSPS) is 15.5. The van der Waals surface area contributed by atoms with E-state index >= 15 is 0 Å². The number of carbonyl (C=O) groups excluding carboxylic acids is 3. The molecule has 0 spiro atoms. The summed E-state index contributed by atoms with van der Waals surface area (Å²) in [4.78, 5) is 40.7. The summed E-state index contributed by atoms with van der Waals surface area (Å²) < 4.78 is 13.0. The standard InChI is InChI=1S/C36H52O5Si/c1-13-24(2)36(9,10)33(38)31(37)26(4)25(3)27(5)40-34(39)32(41-42(11,12)35(6,7)8)30(28-20-16-14-17-21-28)29-22-18-15-19-23-29/h14-24,27,30,32H,13H2,1-12H3/b26-25+/t24-,27?,32+/m0/s1. The first kappa shape index (κ1) is 35.4. The Bertz CT molecular complexity index is 1220. The van der Waals surface area contributed by atoms with E-state index in [4.69, 9.17) is 9.16 Å². The molecule has 0 fully saturated rings. The van der Waals surface area contributed by atoms with Gasteiger partial charge >= 0.3 is 5.97 Å². The highest BCUT2D eigenvalue weighted by atomic mass is 28.4. The summed E-state index contributed by atoms with van der Waals surface area (Å²) >= 11 is 0. The number of rotatable bonds is 13. The van der Waals surface area contributed by atoms with Gasteiger partial charge < -0.3 is 9.16 Å². The van der Waals surface area contributed by atoms with Gasteiger partial charge in [0, 0.05) is 16.9 Å². The van der Waals surface area contributed by atoms with Crippen molar-refractivity contribution in [2.45, 2.75) is 112 Å². The van der Waals surface area contributed by atoms with E-state index < -0.39 is 49.4 Å². The lowest BCUT2D eigenvalue weighted by Crippen LogP contribution is -2.49. The molecule has 3 atom stereocenters. The number of hydrogen-bond acceptors (Lipinski definition) is 5. The van der Waals surface area contributed by atoms with Gasteiger partial charge in [-0.2, -0.15) is 0 Å². The highest BCUT2D eigenvalue weighted by molar-refractivity contribution is 6.74. The third-order valence-electron chi connectivity index (χ3n) is 9.55. The molecule has 0 saturated heterocycles. The van der Waals surface area contributed by atoms with Crippen LogP contribution in [0.3, 0.4) is 0 Å². The molecule has 0 bridgehead atoms. The Hall–Kier alpha value is -2.83. The predicted octanol–water partition coefficient (Wildman–Crippen LogP) is 8.69. The van der Waals surface area contributed by atoms with Crippen LogP contribution >= 0.6 is 0 Å². The van der Waals surface area contributed by atoms with E-state index in [1.54, 1.807) is 20.8 Å². The molecule has 0 radical (unpaired) electrons. The van der Waals surface area contributed by atoms with Gasteiger partial charge in [-0.1, -0.05) is 116 Å². The fraction of sp³-hybridized carbons (Fsp3) is 0.528. The van der Waals surface area contributed by atoms with Crippen LogP contribution in [0.5, 0.6) is 0 Å². The number of hydrogen-bond donors (Lipinski definition) is 0. The first-order chi connectivity index (χ1) is 19.4. The minimum atomic E-state index is -2.44. The average Bonchev–Trinajstić information content (AvgIpc) is 2.94. The van der Waals surface area contributed by atoms with Crippen molar-refractivity contribution in [3.63, 3.8) is 0 Å². The number of carbonyl (C=O) groups is 3. The van der Waals surface area contributed by atoms with E-state index in [9.17, 15) is 14.4 Å². The Kier molecular flexibility index (Phi) is 11.9. The third kappa shape index (κ3) is 8.16. The minimum Gasteiger partial charge on any atom is -0.456 e. The lowest BCUT2D eigenvalue weighted by molar-refractivity contribution is -0.156. The van der Waals surface area contributed by atoms with Crippen LogP contribution in [0.15, 0.2) is 71.8 Å². The summed E-state index contributed by atoms with van der Waals surface area (Å²) in [7, 11) is -2.44. The first-order valence-electron chi connectivity index (χ1n) is 15.1. The van der Waals surface area contributed by atoms with Gasteiger partial charge in [0.1, 0.15) is 6.10 Å². The molecule has 0 aromatic heterocycles. The van der Waals surface area contributed by atoms with Gasteiger partial charge in [0.2, 0.25) is 11.6 Å². The third-order valence-corrected chi connectivity index (χ3v) is 14.0. The monoisotopic (exact) mass is 592 g/mol. The van der Waals surface area contributed by atoms with Crippen molar-refractivity contribution in [2.24, 2.45) is 11.3 Å². The van der Waals surface area contributed by atoms with Crippen LogP contribution in [0.4, 0.5) is 0 Å². The highest BCUT2D eigenvalue weighted by Gasteiger charge is 2.45. The Labute approximate surface area is 255 Å². The SMILES string of the molecule is CC[C@H](C)C(C)(C)C(=O)C(=O)/C(C)=C(\C)C(C)OC(=O)[C@H](O[Si](C)(C)C(C)(C)C)C(c1ccccc1)c1ccccc1. The first-order valence-corrected chi connectivity index (χ1v) is 18.0. The molecule has 42 heavy (non-hydrogen) atoms. The quantitative estimate of drug-likeness (QED) is 0.101. The fourth-order valence-corrected chi connectivity index (χ4v) is 5.84. The van der Waals surface area contributed by atoms with Crippen molar-refractivity contribution in [1.29, 1.82) is 0 Å². The maximum absolute atomic E-state index is 14.2. The summed E-state index contributed by atoms with van der Waals surface area (Å²) in [5.41, 5.74) is 2.00. The summed E-state index contributed by atoms with van der Waals surface area (Å²) in [6.07, 6.45) is -0.840. The summed E-state index contributed by atoms with van der Waals surface area (Å²) in [6, 6.07) is 19.8. The average molecular weight is 593 g/mol. The van der Waals surface area contributed by atoms with E-state index in [1.807, 2.05) is 88.4 Å². The van der Waals surface area contributed by atoms with Crippen LogP contribution in [-0.4, -0.2) is 38.1 Å². The summed E-state index contributed by atoms with van der Waals surface area (Å²) in [6.45, 7) is 23.5. The second-order valence-electron chi connectivity index (χ2n) is 13.7. The van der Waals surface area contributed by atoms with Crippen LogP contribution in [0, 0.1) is 11.3 Å². The van der Waals surface area contributed by atoms with Crippen LogP contribution in [0.2, 0.25) is 18.1 Å². The predicted molar refractivity (Wildman–Crippen MR) is 174 cm³/mol. The van der Waals surface area contributed by atoms with Gasteiger partial charge in [0.05, 0.1) is 0 Å². The van der Waals surface area contributed by atoms with Gasteiger partial charge in [-0.15, -0.1) is 0 Å². The van der Waals surface area contributed by atoms with Gasteiger partial charge in [-0.05, 0) is 61.5 Å². The number of allylic oxidation sites excluding steroid dienone is 1. The zero-order valence-electron chi connectivity index (χ0n) is 27.8. The number of benzene rings is 2. The lowest BCUT2D eigenvalue weighted by Gasteiger charge is -2.41. The van der Waals surface area contributed by atoms with Crippen molar-refractivity contribution < 1.29 is 23.5 Å². The molecule has 0 aliphatic rings. The molecule has 1 unspecified atom stereocenters. The van der Waals surface area contributed by atoms with E-state index in [0.29, 0.717) is 11.1 Å². The largest absolute Gasteiger partial charge is 0.456 e. The maximum atomic E-state index is 14.2. The van der Waals surface area contributed by atoms with E-state index in [2.05, 4.69) is 33.9 Å². The van der Waals surface area contributed by atoms with Gasteiger partial charge in [0.25, 0.3) is 0 Å². The molecule has 2 rings (SSSR count). The number of esters is 1. The zero-order valence-corrected chi connectivity index (χ0v) is 28.8. The number of Topliss-reactive ketones (excluding diaryl/α,β-unsaturated/α-hetero) is 2. The highest BCUT2D eigenvalue weighted by Crippen LogP contribution is 2.41. The fourth-order valence-electron chi connectivity index (χ4n) is 4.62. The van der Waals surface area contributed by atoms with Gasteiger partial charge in [-0.25, -0.2) is 4.79 Å². The Balaban J connectivity index is 2.53. The minimum absolute atomic E-state index is 0.0541. The molecule has 0 saturated carbocycles. The molecule has 2 aromatic rings. The van der Waals surface area contributed by atoms with Crippen LogP contribution < -0.4 is 0 Å². The second kappa shape index (κ2) is 14.1. The Morgan fingerprint density at radius 1 is 0.810 bits per heavy atom. The van der Waals surface area contributed by atoms with E-state index in [1.165, 1.54) is 0 Å². The zero-order chi connectivity index (χ0) is 32.0. The van der Waals surface area contributed by atoms with E-state index in [0.717, 1.165) is 17.5 Å². The topological polar surface area (TPSA) is 69.7 Å². The molecule has 0 amide bonds. The molecule has 2 aromatic carbocycles. The molecular weight excluding hydrogens is 540 g/mol. The van der Waals surface area contributed by atoms with Crippen molar-refractivity contribution in [3.8, 4) is 0 Å². The summed E-state index contributed by atoms with van der Waals surface area (Å²) in [5, 5.41) is -0.142. The lowest BCUT2D eigenvalue weighted by atomic mass is 9.73. The molecular formula is C36H52O5Si. The number of ketones is 2. The summed E-state index contributed by atoms with van der Waals surface area (Å²) in [5.74, 6) is -1.78. The van der Waals surface area contributed by atoms with Crippen molar-refractivity contribution in [1.82, 2.24) is 0 Å². The maximum Gasteiger partial charge on any atom is 0.335 e. The smallest absolute Gasteiger partial charge is 0.335 e. The Morgan fingerprint density at radius 3 is 1.67 bits per heavy atom. The molecule has 0 heterocycles. The van der Waals surface area contributed by atoms with Gasteiger partial charge in [0.15, 0.2) is 14.4 Å². The molecule has 5 nitrogen and oxygen atoms in total. The Morgan fingerprint density at radius 2 is 1.26 bits per heavy atom. The van der Waals surface area contributed by atoms with Gasteiger partial charge in [-0.3, -0.25) is 9.59 Å². The molecule has 0 N–H and O–H groups in total. The second-order valence-corrected chi connectivity index (χ2v) is 18.4. The van der Waals surface area contributed by atoms with Crippen molar-refractivity contribution >= 4 is 25.9 Å². The molecule has 0 aliphatic heterocycles. The van der Waals surface area contributed by atoms with Crippen LogP contribution in [-0.2, 0) is 23.5 Å². The van der Waals surface area contributed by atoms with Crippen molar-refractivity contribution in [2.75, 3.05) is 0 Å². The van der Waals surface area contributed by atoms with Crippen LogP contribution in [0.1, 0.15) is 92.7 Å². The molecule has 230 valence electrons. The molecule has 0 aliphatic carbocycles. The van der Waals surface area contributed by atoms with Crippen LogP contribution in [0.25, 0.3) is 0 Å². The van der Waals surface area contributed by atoms with Crippen molar-refractivity contribution in [3.05, 3.63) is 82.9 Å².